The summed E-state index contributed by atoms with van der Waals surface area (Å²) in [5.41, 5.74) is 0. The molecule has 0 spiro atoms. The number of amides is 1. The fraction of sp³-hybridized carbons (Fsp3) is 0.974. The third-order valence-corrected chi connectivity index (χ3v) is 9.80. The minimum atomic E-state index is -1.60. The van der Waals surface area contributed by atoms with Gasteiger partial charge in [0.05, 0.1) is 25.4 Å². The Morgan fingerprint density at radius 1 is 0.646 bits per heavy atom. The van der Waals surface area contributed by atoms with Crippen LogP contribution in [0, 0.1) is 0 Å². The Hall–Kier alpha value is -0.850. The van der Waals surface area contributed by atoms with Crippen LogP contribution >= 0.6 is 0 Å². The molecule has 1 heterocycles. The molecular weight excluding hydrogens is 614 g/mol. The molecule has 1 rings (SSSR count). The van der Waals surface area contributed by atoms with E-state index in [0.29, 0.717) is 6.42 Å². The molecular formula is C38H75NO9. The Balaban J connectivity index is 2.46. The van der Waals surface area contributed by atoms with E-state index in [0.717, 1.165) is 51.4 Å². The third-order valence-electron chi connectivity index (χ3n) is 9.80. The van der Waals surface area contributed by atoms with E-state index >= 15 is 0 Å². The van der Waals surface area contributed by atoms with Gasteiger partial charge in [0.25, 0.3) is 0 Å². The average Bonchev–Trinajstić information content (AvgIpc) is 3.08. The molecule has 1 aliphatic heterocycles. The van der Waals surface area contributed by atoms with Crippen LogP contribution in [0.4, 0.5) is 0 Å². The topological polar surface area (TPSA) is 169 Å². The smallest absolute Gasteiger partial charge is 0.220 e. The molecule has 48 heavy (non-hydrogen) atoms. The summed E-state index contributed by atoms with van der Waals surface area (Å²) in [5.74, 6) is -0.259. The van der Waals surface area contributed by atoms with Crippen LogP contribution in [0.2, 0.25) is 0 Å². The van der Waals surface area contributed by atoms with E-state index in [2.05, 4.69) is 19.2 Å². The van der Waals surface area contributed by atoms with Crippen molar-refractivity contribution in [3.05, 3.63) is 0 Å². The van der Waals surface area contributed by atoms with Gasteiger partial charge < -0.3 is 45.4 Å². The van der Waals surface area contributed by atoms with E-state index in [1.807, 2.05) is 0 Å². The van der Waals surface area contributed by atoms with Gasteiger partial charge in [-0.05, 0) is 12.8 Å². The molecule has 1 saturated heterocycles. The maximum absolute atomic E-state index is 12.9. The molecule has 1 fully saturated rings. The molecule has 0 aromatic carbocycles. The monoisotopic (exact) mass is 690 g/mol. The van der Waals surface area contributed by atoms with Crippen molar-refractivity contribution in [3.63, 3.8) is 0 Å². The van der Waals surface area contributed by atoms with E-state index in [-0.39, 0.29) is 18.9 Å². The summed E-state index contributed by atoms with van der Waals surface area (Å²) in [6.07, 6.45) is 18.3. The number of aliphatic hydroxyl groups excluding tert-OH is 6. The number of carbonyl (C=O) groups excluding carboxylic acids is 1. The largest absolute Gasteiger partial charge is 0.394 e. The molecule has 0 aromatic heterocycles. The molecule has 2 unspecified atom stereocenters. The van der Waals surface area contributed by atoms with Crippen LogP contribution in [-0.2, 0) is 14.3 Å². The first-order chi connectivity index (χ1) is 23.3. The van der Waals surface area contributed by atoms with Crippen LogP contribution in [0.25, 0.3) is 0 Å². The molecule has 7 N–H and O–H groups in total. The normalized spacial score (nSPS) is 23.2. The summed E-state index contributed by atoms with van der Waals surface area (Å²) in [4.78, 5) is 12.9. The predicted molar refractivity (Wildman–Crippen MR) is 190 cm³/mol. The third kappa shape index (κ3) is 20.7. The molecule has 1 amide bonds. The predicted octanol–water partition coefficient (Wildman–Crippen LogP) is 5.80. The fourth-order valence-electron chi connectivity index (χ4n) is 6.49. The highest BCUT2D eigenvalue weighted by atomic mass is 16.7. The molecule has 10 heteroatoms. The standard InChI is InChI=1S/C38H75NO9/c1-3-5-7-9-11-13-14-15-16-17-19-21-23-25-27-33(42)39-30(29-47-38-37(46)36(45)35(44)32(28-40)48-38)34(43)31(41)26-24-22-20-18-12-10-8-6-4-2/h30-32,34-38,40-41,43-46H,3-29H2,1-2H3,(H,39,42)/t30-,31+,32+,34-,35+,36?,37?,38+/m0/s1. The number of hydrogen-bond donors (Lipinski definition) is 7. The summed E-state index contributed by atoms with van der Waals surface area (Å²) in [7, 11) is 0. The van der Waals surface area contributed by atoms with Gasteiger partial charge in [-0.15, -0.1) is 0 Å². The van der Waals surface area contributed by atoms with Gasteiger partial charge in [-0.2, -0.15) is 0 Å². The van der Waals surface area contributed by atoms with Crippen molar-refractivity contribution in [3.8, 4) is 0 Å². The maximum Gasteiger partial charge on any atom is 0.220 e. The van der Waals surface area contributed by atoms with Crippen LogP contribution in [0.15, 0.2) is 0 Å². The number of unbranched alkanes of at least 4 members (excludes halogenated alkanes) is 21. The lowest BCUT2D eigenvalue weighted by molar-refractivity contribution is -0.303. The molecule has 1 aliphatic rings. The minimum absolute atomic E-state index is 0.259. The Kier molecular flexibility index (Phi) is 28.1. The Morgan fingerprint density at radius 2 is 1.08 bits per heavy atom. The zero-order chi connectivity index (χ0) is 35.4. The van der Waals surface area contributed by atoms with Crippen molar-refractivity contribution in [2.75, 3.05) is 13.2 Å². The van der Waals surface area contributed by atoms with Crippen LogP contribution in [0.3, 0.4) is 0 Å². The van der Waals surface area contributed by atoms with Gasteiger partial charge in [0, 0.05) is 6.42 Å². The van der Waals surface area contributed by atoms with Gasteiger partial charge in [0.1, 0.15) is 30.5 Å². The van der Waals surface area contributed by atoms with E-state index in [4.69, 9.17) is 9.47 Å². The molecule has 0 aromatic rings. The number of carbonyl (C=O) groups is 1. The van der Waals surface area contributed by atoms with Crippen LogP contribution < -0.4 is 5.32 Å². The summed E-state index contributed by atoms with van der Waals surface area (Å²) in [6.45, 7) is 3.56. The van der Waals surface area contributed by atoms with Crippen LogP contribution in [0.1, 0.15) is 174 Å². The minimum Gasteiger partial charge on any atom is -0.394 e. The zero-order valence-corrected chi connectivity index (χ0v) is 30.6. The first-order valence-corrected chi connectivity index (χ1v) is 19.8. The molecule has 10 nitrogen and oxygen atoms in total. The van der Waals surface area contributed by atoms with Crippen LogP contribution in [0.5, 0.6) is 0 Å². The highest BCUT2D eigenvalue weighted by molar-refractivity contribution is 5.76. The number of ether oxygens (including phenoxy) is 2. The van der Waals surface area contributed by atoms with Gasteiger partial charge >= 0.3 is 0 Å². The maximum atomic E-state index is 12.9. The van der Waals surface area contributed by atoms with Crippen molar-refractivity contribution in [2.24, 2.45) is 0 Å². The summed E-state index contributed by atoms with van der Waals surface area (Å²) in [5, 5.41) is 64.7. The summed E-state index contributed by atoms with van der Waals surface area (Å²) >= 11 is 0. The fourth-order valence-corrected chi connectivity index (χ4v) is 6.49. The lowest BCUT2D eigenvalue weighted by atomic mass is 9.98. The SMILES string of the molecule is CCCCCCCCCCCCCCCCC(=O)N[C@@H](CO[C@@H]1O[C@H](CO)[C@@H](O)C(O)C1O)[C@H](O)[C@H](O)CCCCCCCCCCC. The quantitative estimate of drug-likeness (QED) is 0.0432. The van der Waals surface area contributed by atoms with Gasteiger partial charge in [-0.1, -0.05) is 155 Å². The number of rotatable bonds is 32. The number of nitrogens with one attached hydrogen (secondary N) is 1. The van der Waals surface area contributed by atoms with Crippen molar-refractivity contribution >= 4 is 5.91 Å². The second kappa shape index (κ2) is 29.8. The molecule has 0 aliphatic carbocycles. The van der Waals surface area contributed by atoms with Gasteiger partial charge in [0.15, 0.2) is 6.29 Å². The average molecular weight is 690 g/mol. The molecule has 0 bridgehead atoms. The highest BCUT2D eigenvalue weighted by Crippen LogP contribution is 2.23. The zero-order valence-electron chi connectivity index (χ0n) is 30.6. The highest BCUT2D eigenvalue weighted by Gasteiger charge is 2.44. The molecule has 0 saturated carbocycles. The second-order valence-corrected chi connectivity index (χ2v) is 14.2. The van der Waals surface area contributed by atoms with Crippen LogP contribution in [-0.4, -0.2) is 98.7 Å². The summed E-state index contributed by atoms with van der Waals surface area (Å²) < 4.78 is 11.1. The van der Waals surface area contributed by atoms with Crippen molar-refractivity contribution in [1.29, 1.82) is 0 Å². The van der Waals surface area contributed by atoms with E-state index in [9.17, 15) is 35.4 Å². The lowest BCUT2D eigenvalue weighted by Crippen LogP contribution is -2.60. The number of hydrogen-bond acceptors (Lipinski definition) is 9. The van der Waals surface area contributed by atoms with E-state index in [1.54, 1.807) is 0 Å². The lowest BCUT2D eigenvalue weighted by Gasteiger charge is -2.40. The Morgan fingerprint density at radius 3 is 1.54 bits per heavy atom. The van der Waals surface area contributed by atoms with Gasteiger partial charge in [0.2, 0.25) is 5.91 Å². The van der Waals surface area contributed by atoms with Crippen molar-refractivity contribution < 1.29 is 44.9 Å². The Labute approximate surface area is 292 Å². The van der Waals surface area contributed by atoms with Gasteiger partial charge in [-0.3, -0.25) is 4.79 Å². The van der Waals surface area contributed by atoms with Crippen molar-refractivity contribution in [2.45, 2.75) is 223 Å². The second-order valence-electron chi connectivity index (χ2n) is 14.2. The molecule has 8 atom stereocenters. The van der Waals surface area contributed by atoms with E-state index in [1.165, 1.54) is 96.3 Å². The first kappa shape index (κ1) is 45.2. The van der Waals surface area contributed by atoms with Crippen molar-refractivity contribution in [1.82, 2.24) is 5.32 Å². The summed E-state index contributed by atoms with van der Waals surface area (Å²) in [6, 6.07) is -0.981. The number of aliphatic hydroxyl groups is 6. The molecule has 286 valence electrons. The Bertz CT molecular complexity index is 743. The molecule has 0 radical (unpaired) electrons. The van der Waals surface area contributed by atoms with Gasteiger partial charge in [-0.25, -0.2) is 0 Å². The first-order valence-electron chi connectivity index (χ1n) is 19.8. The van der Waals surface area contributed by atoms with E-state index < -0.39 is 55.6 Å².